The lowest BCUT2D eigenvalue weighted by Crippen LogP contribution is -2.56. The monoisotopic (exact) mass is 326 g/mol. The van der Waals surface area contributed by atoms with Crippen LogP contribution in [-0.4, -0.2) is 26.3 Å². The Kier molecular flexibility index (Phi) is 4.31. The average molecular weight is 327 g/mol. The van der Waals surface area contributed by atoms with E-state index in [4.69, 9.17) is 9.47 Å². The molecule has 0 radical (unpaired) electrons. The molecule has 2 rings (SSSR count). The fourth-order valence-electron chi connectivity index (χ4n) is 2.95. The van der Waals surface area contributed by atoms with Gasteiger partial charge in [-0.15, -0.1) is 0 Å². The fourth-order valence-corrected chi connectivity index (χ4v) is 3.63. The Hall–Kier alpha value is -0.870. The van der Waals surface area contributed by atoms with E-state index in [1.807, 2.05) is 18.2 Å². The lowest BCUT2D eigenvalue weighted by atomic mass is 9.64. The minimum absolute atomic E-state index is 0.158. The molecule has 1 unspecified atom stereocenters. The molecule has 1 aromatic rings. The van der Waals surface area contributed by atoms with Crippen molar-refractivity contribution in [3.05, 3.63) is 34.3 Å². The molecule has 1 atom stereocenters. The lowest BCUT2D eigenvalue weighted by Gasteiger charge is -2.48. The van der Waals surface area contributed by atoms with Gasteiger partial charge in [-0.1, -0.05) is 48.0 Å². The molecule has 1 heterocycles. The number of carbonyl (C=O) groups excluding carboxylic acids is 1. The van der Waals surface area contributed by atoms with Crippen molar-refractivity contribution in [2.45, 2.75) is 19.3 Å². The maximum atomic E-state index is 12.2. The minimum atomic E-state index is -0.276. The molecule has 0 spiro atoms. The van der Waals surface area contributed by atoms with Crippen LogP contribution in [0.4, 0.5) is 0 Å². The summed E-state index contributed by atoms with van der Waals surface area (Å²) in [6.45, 7) is 5.23. The zero-order chi connectivity index (χ0) is 14.0. The van der Waals surface area contributed by atoms with Gasteiger partial charge in [0.25, 0.3) is 0 Å². The third kappa shape index (κ3) is 2.43. The van der Waals surface area contributed by atoms with Crippen LogP contribution in [0.2, 0.25) is 0 Å². The highest BCUT2D eigenvalue weighted by Gasteiger charge is 2.52. The summed E-state index contributed by atoms with van der Waals surface area (Å²) in [5.74, 6) is -0.151. The number of rotatable bonds is 4. The summed E-state index contributed by atoms with van der Waals surface area (Å²) in [5, 5.41) is 0. The average Bonchev–Trinajstić information content (AvgIpc) is 2.33. The standard InChI is InChI=1S/C15H19BrO3/c1-10(2)13(14(17)18-3)15(8-19-9-15)11-6-4-5-7-12(11)16/h4-7,10,13H,8-9H2,1-3H3. The second-order valence-electron chi connectivity index (χ2n) is 5.37. The van der Waals surface area contributed by atoms with Gasteiger partial charge in [0.2, 0.25) is 0 Å². The maximum Gasteiger partial charge on any atom is 0.310 e. The van der Waals surface area contributed by atoms with Gasteiger partial charge in [0, 0.05) is 4.47 Å². The summed E-state index contributed by atoms with van der Waals surface area (Å²) in [4.78, 5) is 12.2. The first kappa shape index (κ1) is 14.5. The number of methoxy groups -OCH3 is 1. The van der Waals surface area contributed by atoms with Crippen LogP contribution in [0, 0.1) is 11.8 Å². The van der Waals surface area contributed by atoms with E-state index in [1.165, 1.54) is 7.11 Å². The number of hydrogen-bond acceptors (Lipinski definition) is 3. The van der Waals surface area contributed by atoms with Crippen molar-refractivity contribution in [2.75, 3.05) is 20.3 Å². The Labute approximate surface area is 122 Å². The van der Waals surface area contributed by atoms with Gasteiger partial charge in [0.15, 0.2) is 0 Å². The molecule has 1 aliphatic rings. The minimum Gasteiger partial charge on any atom is -0.469 e. The topological polar surface area (TPSA) is 35.5 Å². The molecule has 0 aromatic heterocycles. The van der Waals surface area contributed by atoms with Crippen molar-refractivity contribution < 1.29 is 14.3 Å². The van der Waals surface area contributed by atoms with E-state index in [0.717, 1.165) is 10.0 Å². The third-order valence-corrected chi connectivity index (χ3v) is 4.54. The van der Waals surface area contributed by atoms with Gasteiger partial charge < -0.3 is 9.47 Å². The number of halogens is 1. The van der Waals surface area contributed by atoms with E-state index in [-0.39, 0.29) is 23.2 Å². The Balaban J connectivity index is 2.47. The Morgan fingerprint density at radius 3 is 2.42 bits per heavy atom. The molecule has 1 fully saturated rings. The van der Waals surface area contributed by atoms with E-state index in [0.29, 0.717) is 13.2 Å². The van der Waals surface area contributed by atoms with Crippen LogP contribution in [-0.2, 0) is 19.7 Å². The van der Waals surface area contributed by atoms with Crippen LogP contribution in [0.3, 0.4) is 0 Å². The predicted molar refractivity (Wildman–Crippen MR) is 77.0 cm³/mol. The van der Waals surface area contributed by atoms with Gasteiger partial charge in [-0.3, -0.25) is 4.79 Å². The Bertz CT molecular complexity index is 466. The van der Waals surface area contributed by atoms with Gasteiger partial charge in [0.05, 0.1) is 31.7 Å². The zero-order valence-corrected chi connectivity index (χ0v) is 13.1. The molecule has 4 heteroatoms. The molecular formula is C15H19BrO3. The number of esters is 1. The van der Waals surface area contributed by atoms with Crippen LogP contribution >= 0.6 is 15.9 Å². The molecule has 1 aliphatic heterocycles. The highest BCUT2D eigenvalue weighted by atomic mass is 79.9. The molecule has 3 nitrogen and oxygen atoms in total. The summed E-state index contributed by atoms with van der Waals surface area (Å²) in [5.41, 5.74) is 0.854. The zero-order valence-electron chi connectivity index (χ0n) is 11.5. The van der Waals surface area contributed by atoms with Gasteiger partial charge in [-0.2, -0.15) is 0 Å². The Morgan fingerprint density at radius 2 is 2.00 bits per heavy atom. The normalized spacial score (nSPS) is 18.8. The molecule has 0 bridgehead atoms. The molecule has 0 N–H and O–H groups in total. The second-order valence-corrected chi connectivity index (χ2v) is 6.23. The molecule has 0 amide bonds. The summed E-state index contributed by atoms with van der Waals surface area (Å²) in [6, 6.07) is 8.03. The number of ether oxygens (including phenoxy) is 2. The molecule has 0 saturated carbocycles. The smallest absolute Gasteiger partial charge is 0.310 e. The van der Waals surface area contributed by atoms with Crippen LogP contribution in [0.5, 0.6) is 0 Å². The fraction of sp³-hybridized carbons (Fsp3) is 0.533. The number of carbonyl (C=O) groups is 1. The van der Waals surface area contributed by atoms with E-state index >= 15 is 0 Å². The number of benzene rings is 1. The first-order chi connectivity index (χ1) is 9.03. The lowest BCUT2D eigenvalue weighted by molar-refractivity contribution is -0.164. The molecule has 19 heavy (non-hydrogen) atoms. The first-order valence-corrected chi connectivity index (χ1v) is 7.23. The summed E-state index contributed by atoms with van der Waals surface area (Å²) in [6.07, 6.45) is 0. The highest BCUT2D eigenvalue weighted by molar-refractivity contribution is 9.10. The van der Waals surface area contributed by atoms with Gasteiger partial charge in [-0.25, -0.2) is 0 Å². The van der Waals surface area contributed by atoms with Gasteiger partial charge in [-0.05, 0) is 17.5 Å². The quantitative estimate of drug-likeness (QED) is 0.797. The first-order valence-electron chi connectivity index (χ1n) is 6.43. The predicted octanol–water partition coefficient (Wildman–Crippen LogP) is 3.16. The van der Waals surface area contributed by atoms with Crippen molar-refractivity contribution in [3.63, 3.8) is 0 Å². The third-order valence-electron chi connectivity index (χ3n) is 3.85. The van der Waals surface area contributed by atoms with Crippen molar-refractivity contribution in [1.29, 1.82) is 0 Å². The van der Waals surface area contributed by atoms with E-state index < -0.39 is 0 Å². The molecular weight excluding hydrogens is 308 g/mol. The SMILES string of the molecule is COC(=O)C(C(C)C)C1(c2ccccc2Br)COC1. The largest absolute Gasteiger partial charge is 0.469 e. The Morgan fingerprint density at radius 1 is 1.37 bits per heavy atom. The second kappa shape index (κ2) is 5.63. The van der Waals surface area contributed by atoms with Crippen LogP contribution in [0.15, 0.2) is 28.7 Å². The summed E-state index contributed by atoms with van der Waals surface area (Å²) >= 11 is 3.59. The molecule has 104 valence electrons. The van der Waals surface area contributed by atoms with Gasteiger partial charge >= 0.3 is 5.97 Å². The van der Waals surface area contributed by atoms with Crippen molar-refractivity contribution in [2.24, 2.45) is 11.8 Å². The van der Waals surface area contributed by atoms with Crippen LogP contribution < -0.4 is 0 Å². The number of hydrogen-bond donors (Lipinski definition) is 0. The van der Waals surface area contributed by atoms with Crippen molar-refractivity contribution in [3.8, 4) is 0 Å². The molecule has 1 saturated heterocycles. The van der Waals surface area contributed by atoms with E-state index in [9.17, 15) is 4.79 Å². The summed E-state index contributed by atoms with van der Waals surface area (Å²) < 4.78 is 11.5. The van der Waals surface area contributed by atoms with E-state index in [2.05, 4.69) is 35.8 Å². The summed E-state index contributed by atoms with van der Waals surface area (Å²) in [7, 11) is 1.45. The van der Waals surface area contributed by atoms with Crippen molar-refractivity contribution >= 4 is 21.9 Å². The molecule has 1 aromatic carbocycles. The highest BCUT2D eigenvalue weighted by Crippen LogP contribution is 2.45. The van der Waals surface area contributed by atoms with E-state index in [1.54, 1.807) is 0 Å². The van der Waals surface area contributed by atoms with Crippen LogP contribution in [0.1, 0.15) is 19.4 Å². The van der Waals surface area contributed by atoms with Crippen LogP contribution in [0.25, 0.3) is 0 Å². The maximum absolute atomic E-state index is 12.2. The molecule has 0 aliphatic carbocycles. The van der Waals surface area contributed by atoms with Gasteiger partial charge in [0.1, 0.15) is 0 Å². The van der Waals surface area contributed by atoms with Crippen molar-refractivity contribution in [1.82, 2.24) is 0 Å².